The van der Waals surface area contributed by atoms with Gasteiger partial charge in [0.05, 0.1) is 95.1 Å². The molecule has 2 aromatic heterocycles. The number of alkyl carbamates (subject to hydrolysis) is 1. The van der Waals surface area contributed by atoms with Crippen molar-refractivity contribution in [2.24, 2.45) is 0 Å². The minimum Gasteiger partial charge on any atom is -0.478 e. The first kappa shape index (κ1) is 87.9. The Morgan fingerprint density at radius 3 is 2.30 bits per heavy atom. The van der Waals surface area contributed by atoms with Gasteiger partial charge in [0.1, 0.15) is 54.1 Å². The number of H-pyrrole nitrogens is 1. The van der Waals surface area contributed by atoms with Crippen LogP contribution < -0.4 is 52.0 Å². The molecule has 0 spiro atoms. The number of phosphoric ester groups is 1. The normalized spacial score (nSPS) is 17.9. The summed E-state index contributed by atoms with van der Waals surface area (Å²) in [5, 5.41) is 29.9. The lowest BCUT2D eigenvalue weighted by Gasteiger charge is -2.39. The molecule has 0 aliphatic carbocycles. The Labute approximate surface area is 681 Å². The van der Waals surface area contributed by atoms with Crippen molar-refractivity contribution in [2.45, 2.75) is 127 Å². The van der Waals surface area contributed by atoms with E-state index in [9.17, 15) is 57.4 Å². The number of hydrogen-bond donors (Lipinski definition) is 9. The molecule has 6 aliphatic rings. The van der Waals surface area contributed by atoms with Gasteiger partial charge in [-0.25, -0.2) is 32.7 Å². The van der Waals surface area contributed by atoms with Gasteiger partial charge in [-0.3, -0.25) is 33.1 Å². The molecule has 6 aromatic rings. The molecule has 9 N–H and O–H groups in total. The van der Waals surface area contributed by atoms with Gasteiger partial charge in [-0.05, 0) is 134 Å². The number of rotatable bonds is 42. The minimum atomic E-state index is -5.81. The molecule has 0 radical (unpaired) electrons. The number of phosphoric acid groups is 3. The van der Waals surface area contributed by atoms with Gasteiger partial charge in [-0.2, -0.15) is 8.62 Å². The molecule has 0 bridgehead atoms. The summed E-state index contributed by atoms with van der Waals surface area (Å²) in [7, 11) is -14.6. The first-order valence-corrected chi connectivity index (χ1v) is 47.3. The molecule has 0 saturated carbocycles. The third-order valence-electron chi connectivity index (χ3n) is 19.5. The van der Waals surface area contributed by atoms with Gasteiger partial charge >= 0.3 is 41.2 Å². The van der Waals surface area contributed by atoms with E-state index in [-0.39, 0.29) is 61.4 Å². The van der Waals surface area contributed by atoms with Gasteiger partial charge < -0.3 is 83.4 Å². The van der Waals surface area contributed by atoms with E-state index in [2.05, 4.69) is 73.3 Å². The topological polar surface area (TPSA) is 450 Å². The molecule has 116 heavy (non-hydrogen) atoms. The van der Waals surface area contributed by atoms with Crippen LogP contribution in [0.3, 0.4) is 0 Å². The molecule has 3 unspecified atom stereocenters. The van der Waals surface area contributed by atoms with Crippen LogP contribution in [-0.4, -0.2) is 202 Å². The second-order valence-electron chi connectivity index (χ2n) is 27.7. The first-order chi connectivity index (χ1) is 55.9. The van der Waals surface area contributed by atoms with Crippen LogP contribution in [0, 0.1) is 11.8 Å². The number of benzene rings is 4. The van der Waals surface area contributed by atoms with Gasteiger partial charge in [0, 0.05) is 108 Å². The Hall–Kier alpha value is -7.35. The van der Waals surface area contributed by atoms with E-state index in [4.69, 9.17) is 63.4 Å². The Morgan fingerprint density at radius 2 is 1.53 bits per heavy atom. The van der Waals surface area contributed by atoms with Crippen LogP contribution in [0.5, 0.6) is 11.5 Å². The van der Waals surface area contributed by atoms with Crippen molar-refractivity contribution in [1.82, 2.24) is 45.1 Å². The number of hydrogen-bond acceptors (Lipinski definition) is 26. The second kappa shape index (κ2) is 41.6. The zero-order valence-corrected chi connectivity index (χ0v) is 69.4. The van der Waals surface area contributed by atoms with E-state index in [1.54, 1.807) is 29.1 Å². The van der Waals surface area contributed by atoms with Crippen molar-refractivity contribution in [3.8, 4) is 23.3 Å². The Bertz CT molecular complexity index is 5090. The maximum atomic E-state index is 14.1. The molecule has 1 saturated heterocycles. The largest absolute Gasteiger partial charge is 0.490 e. The van der Waals surface area contributed by atoms with Crippen LogP contribution >= 0.6 is 45.1 Å². The summed E-state index contributed by atoms with van der Waals surface area (Å²) in [5.41, 5.74) is 8.25. The zero-order chi connectivity index (χ0) is 81.9. The number of nitrogens with one attached hydrogen (secondary N) is 4. The number of fused-ring (bicyclic) bond motifs is 4. The summed E-state index contributed by atoms with van der Waals surface area (Å²) >= 11 is 5.32. The lowest BCUT2D eigenvalue weighted by atomic mass is 9.81. The smallest absolute Gasteiger partial charge is 0.478 e. The highest BCUT2D eigenvalue weighted by atomic mass is 33.1. The molecule has 626 valence electrons. The zero-order valence-electron chi connectivity index (χ0n) is 63.5. The summed E-state index contributed by atoms with van der Waals surface area (Å²) in [6, 6.07) is 17.0. The molecule has 8 heterocycles. The SMILES string of the molecule is CCS(=S)CO[C@@H]1C[C@H](n2cc(C#CCNC(=O)OCCCCOCSSc3ccc(CC(=O)NCCOCCOCCOCCCn4cc(CNC(=O)c5ccc(C(=O)O)c(C6=c7cc8c9c(c7Oc7c6cc6c%10c7CCCN%10CCC6)CCC[N+]=9CCC8)c5)nn4)cc3)c(=O)[nH]c2=O)O[C@@H]1COP(=O)(O)OP(=O)(O)OP(=O)(O)O. The third kappa shape index (κ3) is 24.2. The average molecular weight is 1740 g/mol. The van der Waals surface area contributed by atoms with Gasteiger partial charge in [0.2, 0.25) is 11.3 Å². The van der Waals surface area contributed by atoms with Crippen molar-refractivity contribution in [1.29, 1.82) is 0 Å². The Kier molecular flexibility index (Phi) is 31.5. The molecule has 6 atom stereocenters. The fraction of sp³-hybridized carbons (Fsp3) is 0.500. The quantitative estimate of drug-likeness (QED) is 0.00582. The minimum absolute atomic E-state index is 0.0251. The standard InChI is InChI=1S/C74H91N10O25P3S4/c1-2-116(113)47-104-61-41-64(106-62(61)45-105-111(95,96)109-112(97,98)108-110(92,93)94)84-43-52(71(87)78-73(84)90)11-5-22-76-74(91)103-31-4-3-29-102-46-114-115-54-19-16-48(17-20-54)37-63(85)75-23-32-100-34-36-101-35-33-99-30-10-28-83-44-53(79-80-83)42-77-70(86)51-18-21-55(72(88)89)58(40-51)65-59-38-49-12-6-24-81-26-8-14-56(66(49)81)68(59)107-69-57-15-9-27-82-25-7-13-50(67(57)82)39-60(65)69/h16-21,38-40,43-44,61-62,64H,2-4,6-10,12-15,22-37,41-42,45-47H2,1H3,(H8-,75,76,77,78,85,86,87,88,89,90,91,92,93,94,95,96,97,98)/p+1/t61-,62-,64-,116?/m1/s1. The van der Waals surface area contributed by atoms with Crippen LogP contribution in [0.25, 0.3) is 5.57 Å². The van der Waals surface area contributed by atoms with Crippen LogP contribution in [0.1, 0.15) is 135 Å². The molecule has 3 amide bonds. The monoisotopic (exact) mass is 1740 g/mol. The van der Waals surface area contributed by atoms with Gasteiger partial charge in [-0.1, -0.05) is 67.2 Å². The number of carbonyl (C=O) groups is 4. The summed E-state index contributed by atoms with van der Waals surface area (Å²) < 4.78 is 99.6. The van der Waals surface area contributed by atoms with Crippen LogP contribution in [0.15, 0.2) is 81.5 Å². The van der Waals surface area contributed by atoms with E-state index in [1.807, 2.05) is 31.2 Å². The molecule has 6 aliphatic heterocycles. The molecule has 42 heteroatoms. The highest BCUT2D eigenvalue weighted by molar-refractivity contribution is 8.76. The number of amides is 3. The summed E-state index contributed by atoms with van der Waals surface area (Å²) in [6.45, 7) is 8.51. The van der Waals surface area contributed by atoms with Crippen LogP contribution in [-0.2, 0) is 131 Å². The molecule has 1 fully saturated rings. The van der Waals surface area contributed by atoms with E-state index in [0.717, 1.165) is 127 Å². The maximum Gasteiger partial charge on any atom is 0.490 e. The van der Waals surface area contributed by atoms with Crippen molar-refractivity contribution < 1.29 is 109 Å². The van der Waals surface area contributed by atoms with Crippen LogP contribution in [0.4, 0.5) is 10.5 Å². The number of ether oxygens (including phenoxy) is 8. The first-order valence-electron chi connectivity index (χ1n) is 38.0. The molecule has 4 aromatic carbocycles. The van der Waals surface area contributed by atoms with E-state index in [0.29, 0.717) is 107 Å². The molecular formula is C74H92N10O25P3S4+. The molecule has 12 rings (SSSR count). The van der Waals surface area contributed by atoms with E-state index < -0.39 is 81.3 Å². The predicted molar refractivity (Wildman–Crippen MR) is 430 cm³/mol. The lowest BCUT2D eigenvalue weighted by molar-refractivity contribution is -0.120. The molecule has 35 nitrogen and oxygen atoms in total. The number of unbranched alkanes of at least 4 members (excludes halogenated alkanes) is 1. The fourth-order valence-corrected chi connectivity index (χ4v) is 19.8. The van der Waals surface area contributed by atoms with Gasteiger partial charge in [0.15, 0.2) is 0 Å². The summed E-state index contributed by atoms with van der Waals surface area (Å²) in [5.74, 6) is 6.21. The maximum absolute atomic E-state index is 14.1. The highest BCUT2D eigenvalue weighted by Crippen LogP contribution is 2.66. The average Bonchev–Trinajstić information content (AvgIpc) is 0.788. The number of aryl methyl sites for hydroxylation is 3. The highest BCUT2D eigenvalue weighted by Gasteiger charge is 2.45. The number of aromatic nitrogens is 5. The number of aromatic carboxylic acids is 1. The number of carboxylic acid groups (broad SMARTS) is 1. The van der Waals surface area contributed by atoms with Crippen molar-refractivity contribution in [3.63, 3.8) is 0 Å². The number of aromatic amines is 1. The van der Waals surface area contributed by atoms with Crippen molar-refractivity contribution in [2.75, 3.05) is 121 Å². The fourth-order valence-electron chi connectivity index (χ4n) is 14.4. The third-order valence-corrected chi connectivity index (χ3v) is 27.4. The number of nitrogens with zero attached hydrogens (tertiary/aromatic N) is 6. The van der Waals surface area contributed by atoms with Crippen LogP contribution in [0.2, 0.25) is 0 Å². The summed E-state index contributed by atoms with van der Waals surface area (Å²) in [4.78, 5) is 121. The Morgan fingerprint density at radius 1 is 0.793 bits per heavy atom. The van der Waals surface area contributed by atoms with E-state index >= 15 is 0 Å². The van der Waals surface area contributed by atoms with Gasteiger partial charge in [0.25, 0.3) is 11.5 Å². The summed E-state index contributed by atoms with van der Waals surface area (Å²) in [6.07, 6.45) is 8.28. The second-order valence-corrected chi connectivity index (χ2v) is 37.5. The molecular weight excluding hydrogens is 1650 g/mol. The predicted octanol–water partition coefficient (Wildman–Crippen LogP) is 5.34. The van der Waals surface area contributed by atoms with Crippen molar-refractivity contribution >= 4 is 101 Å². The van der Waals surface area contributed by atoms with Gasteiger partial charge in [-0.15, -0.1) is 5.10 Å². The number of anilines is 1. The van der Waals surface area contributed by atoms with Crippen molar-refractivity contribution in [3.05, 3.63) is 160 Å². The number of carbonyl (C=O) groups excluding carboxylic acids is 3. The number of carboxylic acids is 1. The Balaban J connectivity index is 0.476. The lowest BCUT2D eigenvalue weighted by Crippen LogP contribution is -2.45. The van der Waals surface area contributed by atoms with E-state index in [1.165, 1.54) is 54.9 Å².